The Labute approximate surface area is 82.1 Å². The molecule has 0 bridgehead atoms. The summed E-state index contributed by atoms with van der Waals surface area (Å²) in [4.78, 5) is 22.8. The summed E-state index contributed by atoms with van der Waals surface area (Å²) >= 11 is 0. The topological polar surface area (TPSA) is 48.3 Å². The lowest BCUT2D eigenvalue weighted by Gasteiger charge is -2.11. The largest absolute Gasteiger partial charge is 0.465 e. The quantitative estimate of drug-likeness (QED) is 0.622. The molecule has 0 amide bonds. The third kappa shape index (κ3) is 1.55. The maximum atomic E-state index is 11.5. The lowest BCUT2D eigenvalue weighted by molar-refractivity contribution is 0.0597. The molecule has 4 nitrogen and oxygen atoms in total. The van der Waals surface area contributed by atoms with Crippen LogP contribution in [0.5, 0.6) is 0 Å². The lowest BCUT2D eigenvalue weighted by Crippen LogP contribution is -2.22. The van der Waals surface area contributed by atoms with Crippen LogP contribution in [0.4, 0.5) is 0 Å². The molecule has 0 radical (unpaired) electrons. The van der Waals surface area contributed by atoms with Crippen molar-refractivity contribution in [2.75, 3.05) is 7.11 Å². The summed E-state index contributed by atoms with van der Waals surface area (Å²) in [6.07, 6.45) is 0. The van der Waals surface area contributed by atoms with Gasteiger partial charge in [0.1, 0.15) is 5.56 Å². The molecule has 76 valence electrons. The number of nitrogens with zero attached hydrogens (tertiary/aromatic N) is 1. The highest BCUT2D eigenvalue weighted by Gasteiger charge is 2.15. The lowest BCUT2D eigenvalue weighted by atomic mass is 10.1. The molecular formula is C10H13NO3. The number of hydrogen-bond donors (Lipinski definition) is 0. The van der Waals surface area contributed by atoms with Crippen molar-refractivity contribution in [2.45, 2.75) is 13.8 Å². The van der Waals surface area contributed by atoms with Crippen LogP contribution in [-0.4, -0.2) is 17.6 Å². The predicted molar refractivity (Wildman–Crippen MR) is 52.5 cm³/mol. The Bertz CT molecular complexity index is 432. The van der Waals surface area contributed by atoms with E-state index in [-0.39, 0.29) is 11.0 Å². The smallest absolute Gasteiger partial charge is 0.343 e. The van der Waals surface area contributed by atoms with Crippen molar-refractivity contribution in [3.05, 3.63) is 33.2 Å². The zero-order valence-corrected chi connectivity index (χ0v) is 8.75. The summed E-state index contributed by atoms with van der Waals surface area (Å²) in [6.45, 7) is 3.54. The zero-order chi connectivity index (χ0) is 10.9. The third-order valence-electron chi connectivity index (χ3n) is 2.37. The van der Waals surface area contributed by atoms with Gasteiger partial charge >= 0.3 is 5.97 Å². The number of pyridine rings is 1. The fraction of sp³-hybridized carbons (Fsp3) is 0.400. The van der Waals surface area contributed by atoms with Crippen LogP contribution < -0.4 is 5.43 Å². The fourth-order valence-electron chi connectivity index (χ4n) is 1.32. The molecule has 1 aromatic rings. The van der Waals surface area contributed by atoms with Gasteiger partial charge < -0.3 is 9.30 Å². The first-order valence-corrected chi connectivity index (χ1v) is 4.24. The molecule has 1 aromatic heterocycles. The van der Waals surface area contributed by atoms with E-state index in [1.54, 1.807) is 18.5 Å². The normalized spacial score (nSPS) is 10.0. The molecule has 1 rings (SSSR count). The molecular weight excluding hydrogens is 182 g/mol. The van der Waals surface area contributed by atoms with Gasteiger partial charge in [-0.2, -0.15) is 0 Å². The van der Waals surface area contributed by atoms with Crippen LogP contribution in [0.15, 0.2) is 10.9 Å². The van der Waals surface area contributed by atoms with E-state index in [4.69, 9.17) is 0 Å². The van der Waals surface area contributed by atoms with Crippen LogP contribution in [0.25, 0.3) is 0 Å². The second kappa shape index (κ2) is 3.65. The summed E-state index contributed by atoms with van der Waals surface area (Å²) < 4.78 is 6.33. The molecule has 0 aromatic carbocycles. The van der Waals surface area contributed by atoms with Gasteiger partial charge in [-0.25, -0.2) is 4.79 Å². The van der Waals surface area contributed by atoms with Gasteiger partial charge in [-0.15, -0.1) is 0 Å². The van der Waals surface area contributed by atoms with Crippen molar-refractivity contribution < 1.29 is 9.53 Å². The minimum Gasteiger partial charge on any atom is -0.465 e. The van der Waals surface area contributed by atoms with E-state index in [1.165, 1.54) is 13.2 Å². The number of methoxy groups -OCH3 is 1. The summed E-state index contributed by atoms with van der Waals surface area (Å²) in [6, 6.07) is 1.43. The SMILES string of the molecule is COC(=O)c1c(C)n(C)c(C)cc1=O. The van der Waals surface area contributed by atoms with Crippen molar-refractivity contribution in [2.24, 2.45) is 7.05 Å². The molecule has 0 aliphatic rings. The van der Waals surface area contributed by atoms with E-state index in [0.29, 0.717) is 5.69 Å². The predicted octanol–water partition coefficient (Wildman–Crippen LogP) is 0.789. The highest BCUT2D eigenvalue weighted by Crippen LogP contribution is 2.05. The standard InChI is InChI=1S/C10H13NO3/c1-6-5-8(12)9(10(13)14-4)7(2)11(6)3/h5H,1-4H3. The number of aryl methyl sites for hydroxylation is 1. The highest BCUT2D eigenvalue weighted by atomic mass is 16.5. The minimum atomic E-state index is -0.580. The van der Waals surface area contributed by atoms with Gasteiger partial charge in [0.15, 0.2) is 5.43 Å². The van der Waals surface area contributed by atoms with Crippen LogP contribution in [0.2, 0.25) is 0 Å². The van der Waals surface area contributed by atoms with Crippen molar-refractivity contribution in [1.82, 2.24) is 4.57 Å². The van der Waals surface area contributed by atoms with E-state index in [0.717, 1.165) is 5.69 Å². The van der Waals surface area contributed by atoms with Gasteiger partial charge in [-0.1, -0.05) is 0 Å². The summed E-state index contributed by atoms with van der Waals surface area (Å²) in [5.74, 6) is -0.580. The average molecular weight is 195 g/mol. The molecule has 1 heterocycles. The molecule has 0 aliphatic heterocycles. The van der Waals surface area contributed by atoms with E-state index >= 15 is 0 Å². The van der Waals surface area contributed by atoms with Crippen molar-refractivity contribution in [1.29, 1.82) is 0 Å². The van der Waals surface area contributed by atoms with Gasteiger partial charge in [0, 0.05) is 24.5 Å². The van der Waals surface area contributed by atoms with Crippen LogP contribution in [0, 0.1) is 13.8 Å². The van der Waals surface area contributed by atoms with E-state index in [9.17, 15) is 9.59 Å². The number of carbonyl (C=O) groups is 1. The second-order valence-corrected chi connectivity index (χ2v) is 3.16. The molecule has 0 saturated heterocycles. The maximum absolute atomic E-state index is 11.5. The Balaban J connectivity index is 3.52. The number of esters is 1. The van der Waals surface area contributed by atoms with Gasteiger partial charge in [-0.3, -0.25) is 4.79 Å². The molecule has 0 fully saturated rings. The Morgan fingerprint density at radius 1 is 1.43 bits per heavy atom. The van der Waals surface area contributed by atoms with Crippen LogP contribution in [-0.2, 0) is 11.8 Å². The second-order valence-electron chi connectivity index (χ2n) is 3.16. The van der Waals surface area contributed by atoms with Gasteiger partial charge in [-0.05, 0) is 13.8 Å². The fourth-order valence-corrected chi connectivity index (χ4v) is 1.32. The molecule has 0 aliphatic carbocycles. The van der Waals surface area contributed by atoms with E-state index in [1.807, 2.05) is 6.92 Å². The molecule has 0 saturated carbocycles. The van der Waals surface area contributed by atoms with Crippen molar-refractivity contribution in [3.8, 4) is 0 Å². The minimum absolute atomic E-state index is 0.112. The van der Waals surface area contributed by atoms with Gasteiger partial charge in [0.25, 0.3) is 0 Å². The Morgan fingerprint density at radius 2 is 2.00 bits per heavy atom. The van der Waals surface area contributed by atoms with Crippen LogP contribution >= 0.6 is 0 Å². The maximum Gasteiger partial charge on any atom is 0.343 e. The number of carbonyl (C=O) groups excluding carboxylic acids is 1. The molecule has 14 heavy (non-hydrogen) atoms. The van der Waals surface area contributed by atoms with Crippen LogP contribution in [0.3, 0.4) is 0 Å². The van der Waals surface area contributed by atoms with Gasteiger partial charge in [0.05, 0.1) is 7.11 Å². The number of hydrogen-bond acceptors (Lipinski definition) is 3. The Hall–Kier alpha value is -1.58. The molecule has 0 spiro atoms. The van der Waals surface area contributed by atoms with Crippen LogP contribution in [0.1, 0.15) is 21.7 Å². The van der Waals surface area contributed by atoms with E-state index < -0.39 is 5.97 Å². The number of aromatic nitrogens is 1. The molecule has 0 unspecified atom stereocenters. The summed E-state index contributed by atoms with van der Waals surface area (Å²) in [7, 11) is 3.07. The third-order valence-corrected chi connectivity index (χ3v) is 2.37. The first kappa shape index (κ1) is 10.5. The molecule has 0 N–H and O–H groups in total. The van der Waals surface area contributed by atoms with Gasteiger partial charge in [0.2, 0.25) is 0 Å². The summed E-state index contributed by atoms with van der Waals surface area (Å²) in [5.41, 5.74) is 1.27. The summed E-state index contributed by atoms with van der Waals surface area (Å²) in [5, 5.41) is 0. The zero-order valence-electron chi connectivity index (χ0n) is 8.75. The average Bonchev–Trinajstić information content (AvgIpc) is 2.14. The number of rotatable bonds is 1. The first-order valence-electron chi connectivity index (χ1n) is 4.24. The Kier molecular flexibility index (Phi) is 2.74. The Morgan fingerprint density at radius 3 is 2.50 bits per heavy atom. The highest BCUT2D eigenvalue weighted by molar-refractivity contribution is 5.90. The monoisotopic (exact) mass is 195 g/mol. The first-order chi connectivity index (χ1) is 6.49. The molecule has 0 atom stereocenters. The number of ether oxygens (including phenoxy) is 1. The van der Waals surface area contributed by atoms with E-state index in [2.05, 4.69) is 4.74 Å². The van der Waals surface area contributed by atoms with Crippen molar-refractivity contribution >= 4 is 5.97 Å². The van der Waals surface area contributed by atoms with Crippen molar-refractivity contribution in [3.63, 3.8) is 0 Å². The molecule has 4 heteroatoms.